The number of anilines is 2. The molecule has 0 fully saturated rings. The molecule has 0 bridgehead atoms. The minimum Gasteiger partial charge on any atom is -0.202 e. The Hall–Kier alpha value is -1.50. The molecule has 2 aromatic rings. The summed E-state index contributed by atoms with van der Waals surface area (Å²) < 4.78 is 29.7. The predicted molar refractivity (Wildman–Crippen MR) is 89.0 cm³/mol. The van der Waals surface area contributed by atoms with Gasteiger partial charge in [0.1, 0.15) is 0 Å². The summed E-state index contributed by atoms with van der Waals surface area (Å²) in [4.78, 5) is 1.96. The number of rotatable bonds is 4. The van der Waals surface area contributed by atoms with Crippen LogP contribution in [-0.4, -0.2) is 14.2 Å². The van der Waals surface area contributed by atoms with E-state index in [1.54, 1.807) is 11.8 Å². The number of hydrogen-bond acceptors (Lipinski definition) is 5. The summed E-state index contributed by atoms with van der Waals surface area (Å²) in [5, 5.41) is 1.44. The first kappa shape index (κ1) is 15.4. The highest BCUT2D eigenvalue weighted by Crippen LogP contribution is 2.48. The molecule has 0 N–H and O–H groups in total. The fourth-order valence-corrected chi connectivity index (χ4v) is 4.30. The molecule has 0 atom stereocenters. The van der Waals surface area contributed by atoms with Gasteiger partial charge in [0, 0.05) is 9.79 Å². The standard InChI is InChI=1S/C16H17NO3S2/c1-3-10-22(18,19)20-17-13-6-4-5-7-15(13)21-16-9-8-12(2)11-14(16)17/h4-9,11H,3,10H2,1-2H3. The van der Waals surface area contributed by atoms with E-state index in [1.807, 2.05) is 56.3 Å². The zero-order valence-corrected chi connectivity index (χ0v) is 14.1. The number of benzene rings is 2. The van der Waals surface area contributed by atoms with Gasteiger partial charge in [-0.25, -0.2) is 5.06 Å². The van der Waals surface area contributed by atoms with E-state index in [9.17, 15) is 8.42 Å². The third kappa shape index (κ3) is 2.99. The fraction of sp³-hybridized carbons (Fsp3) is 0.250. The van der Waals surface area contributed by atoms with Crippen molar-refractivity contribution < 1.29 is 12.7 Å². The van der Waals surface area contributed by atoms with E-state index in [-0.39, 0.29) is 5.75 Å². The summed E-state index contributed by atoms with van der Waals surface area (Å²) in [5.41, 5.74) is 2.58. The molecule has 1 aliphatic heterocycles. The van der Waals surface area contributed by atoms with Crippen LogP contribution in [0.25, 0.3) is 0 Å². The van der Waals surface area contributed by atoms with Crippen LogP contribution in [0.3, 0.4) is 0 Å². The highest BCUT2D eigenvalue weighted by molar-refractivity contribution is 7.99. The number of aryl methyl sites for hydroxylation is 1. The lowest BCUT2D eigenvalue weighted by Gasteiger charge is -2.30. The van der Waals surface area contributed by atoms with Crippen LogP contribution in [0.4, 0.5) is 11.4 Å². The number of nitrogens with zero attached hydrogens (tertiary/aromatic N) is 1. The topological polar surface area (TPSA) is 46.6 Å². The molecule has 6 heteroatoms. The normalized spacial score (nSPS) is 13.6. The fourth-order valence-electron chi connectivity index (χ4n) is 2.31. The van der Waals surface area contributed by atoms with E-state index in [0.29, 0.717) is 6.42 Å². The van der Waals surface area contributed by atoms with Gasteiger partial charge in [-0.15, -0.1) is 4.28 Å². The Balaban J connectivity index is 2.10. The molecule has 0 saturated carbocycles. The Labute approximate surface area is 135 Å². The Morgan fingerprint density at radius 2 is 1.82 bits per heavy atom. The lowest BCUT2D eigenvalue weighted by Crippen LogP contribution is -2.26. The van der Waals surface area contributed by atoms with E-state index in [4.69, 9.17) is 4.28 Å². The molecule has 3 rings (SSSR count). The summed E-state index contributed by atoms with van der Waals surface area (Å²) in [6.07, 6.45) is 0.521. The van der Waals surface area contributed by atoms with Crippen LogP contribution in [0.1, 0.15) is 18.9 Å². The molecule has 0 amide bonds. The molecule has 22 heavy (non-hydrogen) atoms. The Morgan fingerprint density at radius 1 is 1.09 bits per heavy atom. The molecular formula is C16H17NO3S2. The summed E-state index contributed by atoms with van der Waals surface area (Å²) in [6, 6.07) is 13.6. The van der Waals surface area contributed by atoms with E-state index < -0.39 is 10.1 Å². The van der Waals surface area contributed by atoms with Crippen molar-refractivity contribution in [2.45, 2.75) is 30.1 Å². The number of fused-ring (bicyclic) bond motifs is 2. The van der Waals surface area contributed by atoms with Crippen LogP contribution >= 0.6 is 11.8 Å². The van der Waals surface area contributed by atoms with Gasteiger partial charge in [0.15, 0.2) is 0 Å². The van der Waals surface area contributed by atoms with Crippen molar-refractivity contribution in [1.29, 1.82) is 0 Å². The SMILES string of the molecule is CCCS(=O)(=O)ON1c2ccccc2Sc2ccc(C)cc21. The smallest absolute Gasteiger partial charge is 0.202 e. The average Bonchev–Trinajstić information content (AvgIpc) is 2.47. The third-order valence-corrected chi connectivity index (χ3v) is 5.69. The van der Waals surface area contributed by atoms with Crippen molar-refractivity contribution in [1.82, 2.24) is 0 Å². The van der Waals surface area contributed by atoms with Crippen molar-refractivity contribution >= 4 is 33.3 Å². The molecule has 116 valence electrons. The molecule has 0 unspecified atom stereocenters. The molecule has 0 radical (unpaired) electrons. The monoisotopic (exact) mass is 335 g/mol. The minimum atomic E-state index is -3.61. The largest absolute Gasteiger partial charge is 0.288 e. The molecule has 0 spiro atoms. The summed E-state index contributed by atoms with van der Waals surface area (Å²) in [5.74, 6) is -0.0000409. The molecular weight excluding hydrogens is 318 g/mol. The van der Waals surface area contributed by atoms with Gasteiger partial charge in [-0.1, -0.05) is 36.9 Å². The van der Waals surface area contributed by atoms with Crippen LogP contribution in [0.5, 0.6) is 0 Å². The summed E-state index contributed by atoms with van der Waals surface area (Å²) in [7, 11) is -3.61. The van der Waals surface area contributed by atoms with E-state index in [1.165, 1.54) is 5.06 Å². The maximum absolute atomic E-state index is 12.1. The van der Waals surface area contributed by atoms with Crippen LogP contribution in [0.2, 0.25) is 0 Å². The second kappa shape index (κ2) is 5.95. The number of para-hydroxylation sites is 1. The van der Waals surface area contributed by atoms with Crippen LogP contribution in [0.15, 0.2) is 52.3 Å². The van der Waals surface area contributed by atoms with Crippen LogP contribution in [-0.2, 0) is 14.4 Å². The molecule has 1 heterocycles. The maximum Gasteiger partial charge on any atom is 0.288 e. The molecule has 0 aliphatic carbocycles. The first-order chi connectivity index (χ1) is 10.5. The first-order valence-corrected chi connectivity index (χ1v) is 9.49. The van der Waals surface area contributed by atoms with E-state index in [0.717, 1.165) is 26.7 Å². The van der Waals surface area contributed by atoms with Gasteiger partial charge in [-0.05, 0) is 43.2 Å². The van der Waals surface area contributed by atoms with Gasteiger partial charge in [0.25, 0.3) is 10.1 Å². The van der Waals surface area contributed by atoms with Crippen LogP contribution < -0.4 is 5.06 Å². The van der Waals surface area contributed by atoms with E-state index >= 15 is 0 Å². The van der Waals surface area contributed by atoms with E-state index in [2.05, 4.69) is 0 Å². The molecule has 4 nitrogen and oxygen atoms in total. The van der Waals surface area contributed by atoms with Gasteiger partial charge in [0.05, 0.1) is 17.1 Å². The lowest BCUT2D eigenvalue weighted by atomic mass is 10.2. The summed E-state index contributed by atoms with van der Waals surface area (Å²) >= 11 is 1.62. The quantitative estimate of drug-likeness (QED) is 0.835. The zero-order chi connectivity index (χ0) is 15.7. The van der Waals surface area contributed by atoms with Gasteiger partial charge in [0.2, 0.25) is 0 Å². The Kier molecular flexibility index (Phi) is 4.16. The van der Waals surface area contributed by atoms with Crippen molar-refractivity contribution in [2.75, 3.05) is 10.8 Å². The van der Waals surface area contributed by atoms with Gasteiger partial charge < -0.3 is 0 Å². The highest BCUT2D eigenvalue weighted by Gasteiger charge is 2.28. The van der Waals surface area contributed by atoms with Gasteiger partial charge in [-0.3, -0.25) is 0 Å². The second-order valence-electron chi connectivity index (χ2n) is 5.17. The Bertz CT molecular complexity index is 803. The highest BCUT2D eigenvalue weighted by atomic mass is 32.2. The van der Waals surface area contributed by atoms with Crippen LogP contribution in [0, 0.1) is 6.92 Å². The molecule has 0 aromatic heterocycles. The van der Waals surface area contributed by atoms with Crippen molar-refractivity contribution in [3.63, 3.8) is 0 Å². The molecule has 0 saturated heterocycles. The minimum absolute atomic E-state index is 0.0000409. The average molecular weight is 335 g/mol. The molecule has 2 aromatic carbocycles. The predicted octanol–water partition coefficient (Wildman–Crippen LogP) is 4.27. The van der Waals surface area contributed by atoms with Crippen molar-refractivity contribution in [2.24, 2.45) is 0 Å². The van der Waals surface area contributed by atoms with Gasteiger partial charge >= 0.3 is 0 Å². The third-order valence-electron chi connectivity index (χ3n) is 3.28. The number of hydrogen-bond donors (Lipinski definition) is 0. The lowest BCUT2D eigenvalue weighted by molar-refractivity contribution is 0.319. The molecule has 1 aliphatic rings. The first-order valence-electron chi connectivity index (χ1n) is 7.10. The van der Waals surface area contributed by atoms with Gasteiger partial charge in [-0.2, -0.15) is 8.42 Å². The van der Waals surface area contributed by atoms with Crippen molar-refractivity contribution in [3.05, 3.63) is 48.0 Å². The summed E-state index contributed by atoms with van der Waals surface area (Å²) in [6.45, 7) is 3.79. The second-order valence-corrected chi connectivity index (χ2v) is 7.93. The zero-order valence-electron chi connectivity index (χ0n) is 12.4. The maximum atomic E-state index is 12.1. The Morgan fingerprint density at radius 3 is 2.59 bits per heavy atom. The van der Waals surface area contributed by atoms with Crippen molar-refractivity contribution in [3.8, 4) is 0 Å².